The Balaban J connectivity index is 3.08. The van der Waals surface area contributed by atoms with Gasteiger partial charge >= 0.3 is 0 Å². The number of hydrogen-bond donors (Lipinski definition) is 0. The second kappa shape index (κ2) is 4.41. The molecule has 0 aliphatic rings. The normalized spacial score (nSPS) is 10.9. The monoisotopic (exact) mass is 203 g/mol. The van der Waals surface area contributed by atoms with Crippen molar-refractivity contribution in [2.75, 3.05) is 6.54 Å². The van der Waals surface area contributed by atoms with Gasteiger partial charge in [-0.05, 0) is 25.0 Å². The van der Waals surface area contributed by atoms with Crippen LogP contribution in [0, 0.1) is 13.8 Å². The van der Waals surface area contributed by atoms with Crippen molar-refractivity contribution in [2.24, 2.45) is 4.99 Å². The minimum atomic E-state index is -0.102. The first-order valence-corrected chi connectivity index (χ1v) is 5.09. The average molecular weight is 203 g/mol. The molecule has 15 heavy (non-hydrogen) atoms. The molecule has 0 aromatic heterocycles. The fourth-order valence-corrected chi connectivity index (χ4v) is 1.89. The van der Waals surface area contributed by atoms with Crippen LogP contribution in [0.25, 0.3) is 0 Å². The Morgan fingerprint density at radius 1 is 1.33 bits per heavy atom. The summed E-state index contributed by atoms with van der Waals surface area (Å²) >= 11 is 0. The fourth-order valence-electron chi connectivity index (χ4n) is 1.89. The van der Waals surface area contributed by atoms with E-state index in [-0.39, 0.29) is 5.41 Å². The number of rotatable bonds is 3. The lowest BCUT2D eigenvalue weighted by Gasteiger charge is -2.24. The summed E-state index contributed by atoms with van der Waals surface area (Å²) in [6, 6.07) is 6.36. The van der Waals surface area contributed by atoms with E-state index in [0.29, 0.717) is 6.54 Å². The van der Waals surface area contributed by atoms with E-state index >= 15 is 0 Å². The minimum absolute atomic E-state index is 0.102. The Labute approximate surface area is 91.0 Å². The van der Waals surface area contributed by atoms with Gasteiger partial charge in [-0.25, -0.2) is 9.79 Å². The van der Waals surface area contributed by atoms with E-state index in [2.05, 4.69) is 50.9 Å². The summed E-state index contributed by atoms with van der Waals surface area (Å²) < 4.78 is 0. The molecule has 0 spiro atoms. The molecule has 0 N–H and O–H groups in total. The number of aryl methyl sites for hydroxylation is 2. The predicted octanol–water partition coefficient (Wildman–Crippen LogP) is 2.92. The number of benzene rings is 1. The molecule has 0 bridgehead atoms. The van der Waals surface area contributed by atoms with E-state index in [9.17, 15) is 4.79 Å². The third-order valence-electron chi connectivity index (χ3n) is 2.65. The van der Waals surface area contributed by atoms with Crippen LogP contribution >= 0.6 is 0 Å². The maximum absolute atomic E-state index is 10.1. The molecule has 0 aliphatic carbocycles. The van der Waals surface area contributed by atoms with Crippen molar-refractivity contribution in [1.29, 1.82) is 0 Å². The first kappa shape index (κ1) is 11.7. The summed E-state index contributed by atoms with van der Waals surface area (Å²) in [7, 11) is 0. The molecule has 1 aromatic carbocycles. The van der Waals surface area contributed by atoms with Crippen molar-refractivity contribution < 1.29 is 4.79 Å². The van der Waals surface area contributed by atoms with Crippen LogP contribution in [-0.2, 0) is 10.2 Å². The van der Waals surface area contributed by atoms with Crippen molar-refractivity contribution in [1.82, 2.24) is 0 Å². The average Bonchev–Trinajstić information content (AvgIpc) is 2.14. The third-order valence-corrected chi connectivity index (χ3v) is 2.65. The van der Waals surface area contributed by atoms with Crippen molar-refractivity contribution in [3.8, 4) is 0 Å². The van der Waals surface area contributed by atoms with Crippen LogP contribution < -0.4 is 0 Å². The van der Waals surface area contributed by atoms with Gasteiger partial charge in [0.05, 0.1) is 6.54 Å². The molecule has 0 aliphatic heterocycles. The lowest BCUT2D eigenvalue weighted by atomic mass is 9.81. The van der Waals surface area contributed by atoms with Gasteiger partial charge in [0.1, 0.15) is 0 Å². The van der Waals surface area contributed by atoms with E-state index < -0.39 is 0 Å². The maximum atomic E-state index is 10.1. The molecule has 80 valence electrons. The maximum Gasteiger partial charge on any atom is 0.234 e. The Hall–Kier alpha value is -1.40. The van der Waals surface area contributed by atoms with Gasteiger partial charge in [-0.1, -0.05) is 37.6 Å². The Kier molecular flexibility index (Phi) is 3.43. The SMILES string of the molecule is Cc1ccc(C(C)(C)CN=C=O)c(C)c1. The molecule has 1 rings (SSSR count). The van der Waals surface area contributed by atoms with Gasteiger partial charge in [0.2, 0.25) is 6.08 Å². The zero-order chi connectivity index (χ0) is 11.5. The summed E-state index contributed by atoms with van der Waals surface area (Å²) in [5.41, 5.74) is 3.65. The van der Waals surface area contributed by atoms with E-state index in [1.165, 1.54) is 16.7 Å². The van der Waals surface area contributed by atoms with Gasteiger partial charge in [0, 0.05) is 5.41 Å². The molecule has 0 unspecified atom stereocenters. The Morgan fingerprint density at radius 2 is 2.00 bits per heavy atom. The van der Waals surface area contributed by atoms with E-state index in [1.54, 1.807) is 6.08 Å². The molecular weight excluding hydrogens is 186 g/mol. The summed E-state index contributed by atoms with van der Waals surface area (Å²) in [5, 5.41) is 0. The highest BCUT2D eigenvalue weighted by atomic mass is 16.1. The summed E-state index contributed by atoms with van der Waals surface area (Å²) in [5.74, 6) is 0. The van der Waals surface area contributed by atoms with Gasteiger partial charge in [-0.2, -0.15) is 0 Å². The zero-order valence-corrected chi connectivity index (χ0v) is 9.79. The first-order chi connectivity index (χ1) is 6.97. The Bertz CT molecular complexity index is 401. The van der Waals surface area contributed by atoms with Crippen LogP contribution in [0.5, 0.6) is 0 Å². The van der Waals surface area contributed by atoms with Gasteiger partial charge < -0.3 is 0 Å². The lowest BCUT2D eigenvalue weighted by Crippen LogP contribution is -2.22. The molecule has 0 fully saturated rings. The highest BCUT2D eigenvalue weighted by molar-refractivity contribution is 5.38. The van der Waals surface area contributed by atoms with Gasteiger partial charge in [-0.15, -0.1) is 0 Å². The fraction of sp³-hybridized carbons (Fsp3) is 0.462. The highest BCUT2D eigenvalue weighted by Gasteiger charge is 2.21. The number of hydrogen-bond acceptors (Lipinski definition) is 2. The van der Waals surface area contributed by atoms with Crippen molar-refractivity contribution in [3.05, 3.63) is 34.9 Å². The third kappa shape index (κ3) is 2.77. The van der Waals surface area contributed by atoms with Crippen molar-refractivity contribution in [2.45, 2.75) is 33.1 Å². The predicted molar refractivity (Wildman–Crippen MR) is 61.9 cm³/mol. The topological polar surface area (TPSA) is 29.4 Å². The summed E-state index contributed by atoms with van der Waals surface area (Å²) in [4.78, 5) is 13.8. The van der Waals surface area contributed by atoms with Gasteiger partial charge in [0.15, 0.2) is 0 Å². The number of nitrogens with zero attached hydrogens (tertiary/aromatic N) is 1. The number of carbonyl (C=O) groups excluding carboxylic acids is 1. The van der Waals surface area contributed by atoms with Gasteiger partial charge in [0.25, 0.3) is 0 Å². The molecule has 2 heteroatoms. The summed E-state index contributed by atoms with van der Waals surface area (Å²) in [6.45, 7) is 8.83. The molecule has 0 saturated carbocycles. The molecule has 0 atom stereocenters. The molecular formula is C13H17NO. The second-order valence-electron chi connectivity index (χ2n) is 4.61. The standard InChI is InChI=1S/C13H17NO/c1-10-5-6-12(11(2)7-10)13(3,4)8-14-9-15/h5-7H,8H2,1-4H3. The number of isocyanates is 1. The van der Waals surface area contributed by atoms with Crippen LogP contribution in [0.4, 0.5) is 0 Å². The van der Waals surface area contributed by atoms with Crippen LogP contribution in [0.3, 0.4) is 0 Å². The molecule has 2 nitrogen and oxygen atoms in total. The minimum Gasteiger partial charge on any atom is -0.211 e. The van der Waals surface area contributed by atoms with Gasteiger partial charge in [-0.3, -0.25) is 0 Å². The van der Waals surface area contributed by atoms with E-state index in [0.717, 1.165) is 0 Å². The van der Waals surface area contributed by atoms with Crippen molar-refractivity contribution in [3.63, 3.8) is 0 Å². The summed E-state index contributed by atoms with van der Waals surface area (Å²) in [6.07, 6.45) is 1.60. The zero-order valence-electron chi connectivity index (χ0n) is 9.79. The van der Waals surface area contributed by atoms with Crippen LogP contribution in [0.1, 0.15) is 30.5 Å². The molecule has 0 radical (unpaired) electrons. The smallest absolute Gasteiger partial charge is 0.211 e. The molecule has 1 aromatic rings. The molecule has 0 saturated heterocycles. The highest BCUT2D eigenvalue weighted by Crippen LogP contribution is 2.27. The molecule has 0 heterocycles. The van der Waals surface area contributed by atoms with Crippen LogP contribution in [-0.4, -0.2) is 12.6 Å². The van der Waals surface area contributed by atoms with Crippen LogP contribution in [0.2, 0.25) is 0 Å². The van der Waals surface area contributed by atoms with Crippen molar-refractivity contribution >= 4 is 6.08 Å². The van der Waals surface area contributed by atoms with E-state index in [1.807, 2.05) is 0 Å². The second-order valence-corrected chi connectivity index (χ2v) is 4.61. The van der Waals surface area contributed by atoms with E-state index in [4.69, 9.17) is 0 Å². The molecule has 0 amide bonds. The lowest BCUT2D eigenvalue weighted by molar-refractivity contribution is 0.523. The number of aliphatic imine (C=N–C) groups is 1. The largest absolute Gasteiger partial charge is 0.234 e. The Morgan fingerprint density at radius 3 is 2.53 bits per heavy atom. The first-order valence-electron chi connectivity index (χ1n) is 5.09. The quantitative estimate of drug-likeness (QED) is 0.548. The van der Waals surface area contributed by atoms with Crippen LogP contribution in [0.15, 0.2) is 23.2 Å².